The van der Waals surface area contributed by atoms with Crippen LogP contribution in [0.25, 0.3) is 0 Å². The van der Waals surface area contributed by atoms with Crippen molar-refractivity contribution in [2.45, 2.75) is 13.8 Å². The van der Waals surface area contributed by atoms with Gasteiger partial charge in [0.25, 0.3) is 11.8 Å². The molecular weight excluding hydrogens is 268 g/mol. The van der Waals surface area contributed by atoms with Crippen molar-refractivity contribution < 1.29 is 19.2 Å². The van der Waals surface area contributed by atoms with Crippen LogP contribution in [0.4, 0.5) is 17.8 Å². The van der Waals surface area contributed by atoms with Gasteiger partial charge in [0.15, 0.2) is 0 Å². The maximum atomic E-state index is 11.2. The van der Waals surface area contributed by atoms with E-state index in [0.29, 0.717) is 0 Å². The molecule has 0 saturated carbocycles. The SMILES string of the molecule is CNc1nc(NC(=O)C(C)=O)nc(NC(=O)C(C)=O)n1. The summed E-state index contributed by atoms with van der Waals surface area (Å²) in [5, 5.41) is 6.84. The first kappa shape index (κ1) is 15.1. The molecule has 0 aliphatic heterocycles. The summed E-state index contributed by atoms with van der Waals surface area (Å²) in [5.74, 6) is -3.72. The second-order valence-corrected chi connectivity index (χ2v) is 3.58. The van der Waals surface area contributed by atoms with Crippen LogP contribution in [-0.2, 0) is 19.2 Å². The fourth-order valence-electron chi connectivity index (χ4n) is 0.979. The quantitative estimate of drug-likeness (QED) is 0.581. The second-order valence-electron chi connectivity index (χ2n) is 3.58. The van der Waals surface area contributed by atoms with E-state index in [1.54, 1.807) is 0 Å². The van der Waals surface area contributed by atoms with Gasteiger partial charge >= 0.3 is 0 Å². The first-order valence-electron chi connectivity index (χ1n) is 5.41. The smallest absolute Gasteiger partial charge is 0.293 e. The topological polar surface area (TPSA) is 143 Å². The summed E-state index contributed by atoms with van der Waals surface area (Å²) < 4.78 is 0. The molecule has 10 heteroatoms. The predicted octanol–water partition coefficient (Wildman–Crippen LogP) is -1.03. The molecule has 0 bridgehead atoms. The Morgan fingerprint density at radius 3 is 1.40 bits per heavy atom. The molecule has 106 valence electrons. The van der Waals surface area contributed by atoms with E-state index in [-0.39, 0.29) is 17.8 Å². The first-order chi connectivity index (χ1) is 9.33. The lowest BCUT2D eigenvalue weighted by Gasteiger charge is -2.07. The van der Waals surface area contributed by atoms with Gasteiger partial charge in [0.1, 0.15) is 0 Å². The van der Waals surface area contributed by atoms with E-state index in [0.717, 1.165) is 13.8 Å². The van der Waals surface area contributed by atoms with E-state index in [4.69, 9.17) is 0 Å². The second kappa shape index (κ2) is 6.31. The van der Waals surface area contributed by atoms with Crippen molar-refractivity contribution in [1.82, 2.24) is 15.0 Å². The number of hydrogen-bond donors (Lipinski definition) is 3. The lowest BCUT2D eigenvalue weighted by Crippen LogP contribution is -2.24. The Labute approximate surface area is 113 Å². The molecule has 0 aromatic carbocycles. The number of carbonyl (C=O) groups excluding carboxylic acids is 4. The third kappa shape index (κ3) is 4.08. The monoisotopic (exact) mass is 280 g/mol. The van der Waals surface area contributed by atoms with E-state index >= 15 is 0 Å². The molecule has 0 saturated heterocycles. The van der Waals surface area contributed by atoms with Crippen LogP contribution >= 0.6 is 0 Å². The zero-order valence-corrected chi connectivity index (χ0v) is 11.0. The van der Waals surface area contributed by atoms with E-state index in [9.17, 15) is 19.2 Å². The number of hydrogen-bond acceptors (Lipinski definition) is 8. The normalized spacial score (nSPS) is 9.55. The highest BCUT2D eigenvalue weighted by Crippen LogP contribution is 2.08. The zero-order valence-electron chi connectivity index (χ0n) is 11.0. The molecule has 0 unspecified atom stereocenters. The summed E-state index contributed by atoms with van der Waals surface area (Å²) in [6.45, 7) is 2.15. The summed E-state index contributed by atoms with van der Waals surface area (Å²) in [5.41, 5.74) is 0. The minimum atomic E-state index is -0.915. The number of aromatic nitrogens is 3. The molecule has 1 aromatic rings. The van der Waals surface area contributed by atoms with Crippen molar-refractivity contribution in [3.8, 4) is 0 Å². The van der Waals surface area contributed by atoms with Gasteiger partial charge in [-0.2, -0.15) is 15.0 Å². The number of carbonyl (C=O) groups is 4. The molecule has 0 aliphatic rings. The van der Waals surface area contributed by atoms with Crippen LogP contribution in [0, 0.1) is 0 Å². The minimum Gasteiger partial charge on any atom is -0.357 e. The van der Waals surface area contributed by atoms with E-state index in [2.05, 4.69) is 30.9 Å². The Kier molecular flexibility index (Phi) is 4.78. The molecule has 1 heterocycles. The molecule has 0 atom stereocenters. The Morgan fingerprint density at radius 2 is 1.10 bits per heavy atom. The third-order valence-corrected chi connectivity index (χ3v) is 1.95. The summed E-state index contributed by atoms with van der Waals surface area (Å²) in [6.07, 6.45) is 0. The molecule has 0 spiro atoms. The summed E-state index contributed by atoms with van der Waals surface area (Å²) in [6, 6.07) is 0. The van der Waals surface area contributed by atoms with E-state index in [1.165, 1.54) is 7.05 Å². The van der Waals surface area contributed by atoms with Gasteiger partial charge in [0, 0.05) is 20.9 Å². The van der Waals surface area contributed by atoms with Gasteiger partial charge in [0.2, 0.25) is 29.4 Å². The maximum Gasteiger partial charge on any atom is 0.293 e. The number of Topliss-reactive ketones (excluding diaryl/α,β-unsaturated/α-hetero) is 2. The van der Waals surface area contributed by atoms with Crippen molar-refractivity contribution in [2.75, 3.05) is 23.0 Å². The van der Waals surface area contributed by atoms with Crippen LogP contribution in [0.3, 0.4) is 0 Å². The molecular formula is C10H12N6O4. The molecule has 1 aromatic heterocycles. The third-order valence-electron chi connectivity index (χ3n) is 1.95. The van der Waals surface area contributed by atoms with Crippen LogP contribution < -0.4 is 16.0 Å². The Bertz CT molecular complexity index is 539. The van der Waals surface area contributed by atoms with Gasteiger partial charge in [-0.25, -0.2) is 0 Å². The molecule has 0 aliphatic carbocycles. The molecule has 0 radical (unpaired) electrons. The zero-order chi connectivity index (χ0) is 15.3. The van der Waals surface area contributed by atoms with Gasteiger partial charge in [-0.15, -0.1) is 0 Å². The minimum absolute atomic E-state index is 0.0395. The first-order valence-corrected chi connectivity index (χ1v) is 5.41. The fourth-order valence-corrected chi connectivity index (χ4v) is 0.979. The average molecular weight is 280 g/mol. The number of nitrogens with zero attached hydrogens (tertiary/aromatic N) is 3. The molecule has 20 heavy (non-hydrogen) atoms. The number of nitrogens with one attached hydrogen (secondary N) is 3. The van der Waals surface area contributed by atoms with Gasteiger partial charge < -0.3 is 5.32 Å². The van der Waals surface area contributed by atoms with Crippen molar-refractivity contribution in [3.63, 3.8) is 0 Å². The van der Waals surface area contributed by atoms with Gasteiger partial charge in [-0.1, -0.05) is 0 Å². The fraction of sp³-hybridized carbons (Fsp3) is 0.300. The summed E-state index contributed by atoms with van der Waals surface area (Å²) in [4.78, 5) is 55.4. The van der Waals surface area contributed by atoms with Crippen molar-refractivity contribution >= 4 is 41.2 Å². The largest absolute Gasteiger partial charge is 0.357 e. The summed E-state index contributed by atoms with van der Waals surface area (Å²) >= 11 is 0. The molecule has 3 N–H and O–H groups in total. The van der Waals surface area contributed by atoms with Gasteiger partial charge in [-0.3, -0.25) is 29.8 Å². The van der Waals surface area contributed by atoms with E-state index in [1.807, 2.05) is 0 Å². The number of amides is 2. The number of ketones is 2. The standard InChI is InChI=1S/C10H12N6O4/c1-4(17)6(19)12-9-14-8(11-3)15-10(16-9)13-7(20)5(2)18/h1-3H3,(H3,11,12,13,14,15,16,19,20). The van der Waals surface area contributed by atoms with Crippen molar-refractivity contribution in [3.05, 3.63) is 0 Å². The Morgan fingerprint density at radius 1 is 0.750 bits per heavy atom. The highest BCUT2D eigenvalue weighted by molar-refractivity contribution is 6.40. The average Bonchev–Trinajstić information content (AvgIpc) is 2.37. The van der Waals surface area contributed by atoms with E-state index < -0.39 is 23.4 Å². The molecule has 2 amide bonds. The highest BCUT2D eigenvalue weighted by Gasteiger charge is 2.15. The van der Waals surface area contributed by atoms with Crippen LogP contribution in [0.2, 0.25) is 0 Å². The molecule has 10 nitrogen and oxygen atoms in total. The molecule has 0 fully saturated rings. The predicted molar refractivity (Wildman–Crippen MR) is 68.0 cm³/mol. The van der Waals surface area contributed by atoms with Gasteiger partial charge in [0.05, 0.1) is 0 Å². The van der Waals surface area contributed by atoms with Crippen LogP contribution in [0.15, 0.2) is 0 Å². The van der Waals surface area contributed by atoms with Crippen LogP contribution in [0.5, 0.6) is 0 Å². The van der Waals surface area contributed by atoms with Crippen LogP contribution in [0.1, 0.15) is 13.8 Å². The van der Waals surface area contributed by atoms with Crippen molar-refractivity contribution in [2.24, 2.45) is 0 Å². The Hall–Kier alpha value is -2.91. The number of rotatable bonds is 5. The Balaban J connectivity index is 3.02. The summed E-state index contributed by atoms with van der Waals surface area (Å²) in [7, 11) is 1.50. The molecule has 1 rings (SSSR count). The number of anilines is 3. The van der Waals surface area contributed by atoms with Crippen LogP contribution in [-0.4, -0.2) is 45.4 Å². The highest BCUT2D eigenvalue weighted by atomic mass is 16.2. The lowest BCUT2D eigenvalue weighted by molar-refractivity contribution is -0.133. The van der Waals surface area contributed by atoms with Gasteiger partial charge in [-0.05, 0) is 0 Å². The lowest BCUT2D eigenvalue weighted by atomic mass is 10.4. The van der Waals surface area contributed by atoms with Crippen molar-refractivity contribution in [1.29, 1.82) is 0 Å². The maximum absolute atomic E-state index is 11.2.